The zero-order valence-electron chi connectivity index (χ0n) is 29.1. The molecule has 0 spiro atoms. The van der Waals surface area contributed by atoms with Crippen LogP contribution in [0.2, 0.25) is 0 Å². The number of rotatable bonds is 5. The normalized spacial score (nSPS) is 18.5. The van der Waals surface area contributed by atoms with Gasteiger partial charge in [0.2, 0.25) is 0 Å². The Kier molecular flexibility index (Phi) is 8.24. The lowest BCUT2D eigenvalue weighted by Crippen LogP contribution is -2.42. The molecule has 2 saturated heterocycles. The molecule has 0 N–H and O–H groups in total. The number of aryl methyl sites for hydroxylation is 2. The number of aromatic nitrogens is 4. The fraction of sp³-hybridized carbons (Fsp3) is 0.500. The SMILES string of the molecule is Cc1ccc(S(=O)(=O)n2c(-c3cnn(C4CCN(C(=O)OC(C)(C)C)CC4)c3)cc3c(B4OC(C)(C)C(C)(C)O4)cn(C)c(=O)c32)cc1. The summed E-state index contributed by atoms with van der Waals surface area (Å²) < 4.78 is 51.6. The van der Waals surface area contributed by atoms with Crippen LogP contribution in [0.1, 0.15) is 72.9 Å². The number of benzene rings is 1. The molecule has 14 heteroatoms. The molecule has 0 bridgehead atoms. The minimum atomic E-state index is -4.26. The van der Waals surface area contributed by atoms with Gasteiger partial charge in [0, 0.05) is 48.9 Å². The lowest BCUT2D eigenvalue weighted by atomic mass is 9.78. The largest absolute Gasteiger partial charge is 0.497 e. The van der Waals surface area contributed by atoms with Gasteiger partial charge in [-0.25, -0.2) is 17.2 Å². The van der Waals surface area contributed by atoms with Crippen LogP contribution in [0.5, 0.6) is 0 Å². The van der Waals surface area contributed by atoms with Crippen molar-refractivity contribution in [3.63, 3.8) is 0 Å². The third-order valence-electron chi connectivity index (χ3n) is 9.58. The minimum Gasteiger partial charge on any atom is -0.444 e. The van der Waals surface area contributed by atoms with E-state index in [-0.39, 0.29) is 22.5 Å². The van der Waals surface area contributed by atoms with Gasteiger partial charge in [0.1, 0.15) is 11.1 Å². The van der Waals surface area contributed by atoms with E-state index in [1.807, 2.05) is 66.3 Å². The van der Waals surface area contributed by atoms with E-state index in [2.05, 4.69) is 5.10 Å². The number of pyridine rings is 1. The van der Waals surface area contributed by atoms with Gasteiger partial charge in [-0.2, -0.15) is 5.10 Å². The van der Waals surface area contributed by atoms with Crippen molar-refractivity contribution in [1.29, 1.82) is 0 Å². The van der Waals surface area contributed by atoms with Crippen molar-refractivity contribution in [1.82, 2.24) is 23.2 Å². The second-order valence-electron chi connectivity index (χ2n) is 14.9. The van der Waals surface area contributed by atoms with Gasteiger partial charge in [0.25, 0.3) is 15.6 Å². The highest BCUT2D eigenvalue weighted by Gasteiger charge is 2.52. The molecular weight excluding hydrogens is 633 g/mol. The first-order chi connectivity index (χ1) is 22.3. The third kappa shape index (κ3) is 5.98. The van der Waals surface area contributed by atoms with Gasteiger partial charge >= 0.3 is 13.2 Å². The van der Waals surface area contributed by atoms with Gasteiger partial charge in [-0.15, -0.1) is 0 Å². The molecule has 0 aliphatic carbocycles. The van der Waals surface area contributed by atoms with E-state index in [9.17, 15) is 18.0 Å². The van der Waals surface area contributed by atoms with E-state index in [0.29, 0.717) is 48.0 Å². The zero-order valence-corrected chi connectivity index (χ0v) is 29.9. The highest BCUT2D eigenvalue weighted by atomic mass is 32.2. The Balaban J connectivity index is 1.46. The van der Waals surface area contributed by atoms with E-state index >= 15 is 0 Å². The van der Waals surface area contributed by atoms with Crippen molar-refractivity contribution < 1.29 is 27.3 Å². The monoisotopic (exact) mass is 677 g/mol. The summed E-state index contributed by atoms with van der Waals surface area (Å²) in [7, 11) is -3.51. The number of amides is 1. The maximum Gasteiger partial charge on any atom is 0.497 e. The highest BCUT2D eigenvalue weighted by molar-refractivity contribution is 7.90. The van der Waals surface area contributed by atoms with Crippen LogP contribution in [0.25, 0.3) is 22.2 Å². The molecular formula is C34H44BN5O7S. The molecule has 0 radical (unpaired) electrons. The molecule has 2 aliphatic rings. The van der Waals surface area contributed by atoms with E-state index in [1.165, 1.54) is 4.57 Å². The Bertz CT molecular complexity index is 2030. The first-order valence-corrected chi connectivity index (χ1v) is 17.7. The van der Waals surface area contributed by atoms with Crippen molar-refractivity contribution in [2.75, 3.05) is 13.1 Å². The summed E-state index contributed by atoms with van der Waals surface area (Å²) in [6.45, 7) is 16.2. The van der Waals surface area contributed by atoms with E-state index in [1.54, 1.807) is 54.7 Å². The second kappa shape index (κ2) is 11.6. The number of carbonyl (C=O) groups is 1. The smallest absolute Gasteiger partial charge is 0.444 e. The van der Waals surface area contributed by atoms with Gasteiger partial charge in [0.05, 0.1) is 34.0 Å². The molecule has 5 heterocycles. The number of hydrogen-bond donors (Lipinski definition) is 0. The van der Waals surface area contributed by atoms with E-state index in [4.69, 9.17) is 14.0 Å². The quantitative estimate of drug-likeness (QED) is 0.280. The fourth-order valence-electron chi connectivity index (χ4n) is 6.15. The molecule has 0 atom stereocenters. The number of ether oxygens (including phenoxy) is 1. The molecule has 4 aromatic rings. The highest BCUT2D eigenvalue weighted by Crippen LogP contribution is 2.38. The summed E-state index contributed by atoms with van der Waals surface area (Å²) in [6, 6.07) is 8.25. The average molecular weight is 678 g/mol. The average Bonchev–Trinajstić information content (AvgIpc) is 3.69. The molecule has 256 valence electrons. The summed E-state index contributed by atoms with van der Waals surface area (Å²) in [5, 5.41) is 5.06. The molecule has 6 rings (SSSR count). The van der Waals surface area contributed by atoms with Crippen LogP contribution in [0.15, 0.2) is 58.6 Å². The summed E-state index contributed by atoms with van der Waals surface area (Å²) in [4.78, 5) is 28.3. The summed E-state index contributed by atoms with van der Waals surface area (Å²) in [5.74, 6) is 0. The van der Waals surface area contributed by atoms with E-state index < -0.39 is 39.5 Å². The van der Waals surface area contributed by atoms with Crippen molar-refractivity contribution in [3.8, 4) is 11.3 Å². The molecule has 1 aromatic carbocycles. The topological polar surface area (TPSA) is 127 Å². The van der Waals surface area contributed by atoms with Gasteiger partial charge in [-0.05, 0) is 86.4 Å². The maximum absolute atomic E-state index is 14.5. The molecule has 0 unspecified atom stereocenters. The number of carbonyl (C=O) groups excluding carboxylic acids is 1. The van der Waals surface area contributed by atoms with Crippen LogP contribution in [0.3, 0.4) is 0 Å². The second-order valence-corrected chi connectivity index (χ2v) is 16.7. The minimum absolute atomic E-state index is 0.00120. The van der Waals surface area contributed by atoms with Crippen LogP contribution < -0.4 is 11.0 Å². The lowest BCUT2D eigenvalue weighted by molar-refractivity contribution is 0.00578. The molecule has 48 heavy (non-hydrogen) atoms. The van der Waals surface area contributed by atoms with Crippen molar-refractivity contribution in [2.24, 2.45) is 7.05 Å². The third-order valence-corrected chi connectivity index (χ3v) is 11.3. The summed E-state index contributed by atoms with van der Waals surface area (Å²) in [6.07, 6.45) is 6.04. The molecule has 2 aliphatic heterocycles. The fourth-order valence-corrected chi connectivity index (χ4v) is 7.68. The summed E-state index contributed by atoms with van der Waals surface area (Å²) in [5.41, 5.74) is -0.0892. The van der Waals surface area contributed by atoms with Gasteiger partial charge in [-0.1, -0.05) is 17.7 Å². The Labute approximate surface area is 281 Å². The summed E-state index contributed by atoms with van der Waals surface area (Å²) >= 11 is 0. The van der Waals surface area contributed by atoms with Crippen molar-refractivity contribution in [2.45, 2.75) is 96.0 Å². The number of likely N-dealkylation sites (tertiary alicyclic amines) is 1. The van der Waals surface area contributed by atoms with Crippen molar-refractivity contribution in [3.05, 3.63) is 64.8 Å². The van der Waals surface area contributed by atoms with Gasteiger partial charge < -0.3 is 23.5 Å². The van der Waals surface area contributed by atoms with Gasteiger partial charge in [0.15, 0.2) is 0 Å². The number of nitrogens with zero attached hydrogens (tertiary/aromatic N) is 5. The standard InChI is InChI=1S/C34H44BN5O7S/c1-22-10-12-25(13-11-22)48(43,44)40-28(23-19-36-39(20-23)24-14-16-38(17-15-24)31(42)45-32(2,3)4)18-26-27(21-37(9)30(41)29(26)40)35-46-33(5,6)34(7,8)47-35/h10-13,18-21,24H,14-17H2,1-9H3. The van der Waals surface area contributed by atoms with Crippen LogP contribution in [0, 0.1) is 6.92 Å². The molecule has 3 aromatic heterocycles. The number of hydrogen-bond acceptors (Lipinski definition) is 8. The van der Waals surface area contributed by atoms with Crippen LogP contribution in [0.4, 0.5) is 4.79 Å². The Morgan fingerprint density at radius 1 is 1.02 bits per heavy atom. The Morgan fingerprint density at radius 3 is 2.21 bits per heavy atom. The predicted octanol–water partition coefficient (Wildman–Crippen LogP) is 4.62. The molecule has 0 saturated carbocycles. The molecule has 2 fully saturated rings. The van der Waals surface area contributed by atoms with Crippen molar-refractivity contribution >= 4 is 39.6 Å². The Morgan fingerprint density at radius 2 is 1.62 bits per heavy atom. The molecule has 12 nitrogen and oxygen atoms in total. The predicted molar refractivity (Wildman–Crippen MR) is 184 cm³/mol. The van der Waals surface area contributed by atoms with Crippen LogP contribution in [-0.4, -0.2) is 74.7 Å². The van der Waals surface area contributed by atoms with Gasteiger partial charge in [-0.3, -0.25) is 9.48 Å². The number of fused-ring (bicyclic) bond motifs is 1. The number of piperidine rings is 1. The van der Waals surface area contributed by atoms with Crippen LogP contribution >= 0.6 is 0 Å². The first-order valence-electron chi connectivity index (χ1n) is 16.2. The zero-order chi connectivity index (χ0) is 35.0. The van der Waals surface area contributed by atoms with Crippen LogP contribution in [-0.2, 0) is 31.1 Å². The van der Waals surface area contributed by atoms with E-state index in [0.717, 1.165) is 9.54 Å². The lowest BCUT2D eigenvalue weighted by Gasteiger charge is -2.33. The first kappa shape index (κ1) is 34.0. The molecule has 1 amide bonds. The maximum atomic E-state index is 14.5. The Hall–Kier alpha value is -3.88.